The quantitative estimate of drug-likeness (QED) is 0.571. The molecule has 0 aromatic heterocycles. The van der Waals surface area contributed by atoms with Gasteiger partial charge in [0.2, 0.25) is 0 Å². The number of nitrogens with zero attached hydrogens (tertiary/aromatic N) is 3. The van der Waals surface area contributed by atoms with Gasteiger partial charge in [0.05, 0.1) is 5.54 Å². The number of guanidine groups is 1. The monoisotopic (exact) mass is 228 g/mol. The van der Waals surface area contributed by atoms with Crippen molar-refractivity contribution in [3.05, 3.63) is 0 Å². The summed E-state index contributed by atoms with van der Waals surface area (Å²) in [5.41, 5.74) is 5.93. The average molecular weight is 228 g/mol. The predicted molar refractivity (Wildman–Crippen MR) is 71.8 cm³/mol. The molecule has 0 aliphatic rings. The van der Waals surface area contributed by atoms with Gasteiger partial charge >= 0.3 is 0 Å². The lowest BCUT2D eigenvalue weighted by Gasteiger charge is -2.26. The van der Waals surface area contributed by atoms with Crippen molar-refractivity contribution in [2.45, 2.75) is 39.7 Å². The molecule has 0 saturated heterocycles. The second-order valence-corrected chi connectivity index (χ2v) is 5.43. The Morgan fingerprint density at radius 1 is 1.12 bits per heavy atom. The van der Waals surface area contributed by atoms with Gasteiger partial charge in [0.25, 0.3) is 0 Å². The molecule has 0 amide bonds. The Labute approximate surface area is 101 Å². The zero-order valence-corrected chi connectivity index (χ0v) is 11.7. The Hall–Kier alpha value is -0.770. The van der Waals surface area contributed by atoms with Gasteiger partial charge < -0.3 is 15.5 Å². The van der Waals surface area contributed by atoms with Crippen LogP contribution < -0.4 is 5.73 Å². The summed E-state index contributed by atoms with van der Waals surface area (Å²) in [5.74, 6) is 0.663. The number of nitrogens with two attached hydrogens (primary N) is 1. The van der Waals surface area contributed by atoms with Crippen LogP contribution in [0, 0.1) is 0 Å². The molecule has 0 radical (unpaired) electrons. The molecular weight excluding hydrogens is 200 g/mol. The molecule has 4 nitrogen and oxygen atoms in total. The second kappa shape index (κ2) is 6.74. The van der Waals surface area contributed by atoms with E-state index < -0.39 is 0 Å². The van der Waals surface area contributed by atoms with E-state index in [1.807, 2.05) is 0 Å². The van der Waals surface area contributed by atoms with Crippen molar-refractivity contribution in [2.24, 2.45) is 10.7 Å². The highest BCUT2D eigenvalue weighted by Gasteiger charge is 2.12. The van der Waals surface area contributed by atoms with Crippen LogP contribution in [0.1, 0.15) is 34.1 Å². The number of likely N-dealkylation sites (N-methyl/N-ethyl adjacent to an activating group) is 1. The molecule has 0 aliphatic heterocycles. The second-order valence-electron chi connectivity index (χ2n) is 5.43. The minimum atomic E-state index is -0.103. The SMILES string of the molecule is CCCN(CCN(C)C)C(N)=NC(C)(C)C. The third-order valence-electron chi connectivity index (χ3n) is 2.08. The lowest BCUT2D eigenvalue weighted by atomic mass is 10.1. The molecule has 0 fully saturated rings. The minimum Gasteiger partial charge on any atom is -0.370 e. The topological polar surface area (TPSA) is 44.9 Å². The van der Waals surface area contributed by atoms with Crippen molar-refractivity contribution in [3.63, 3.8) is 0 Å². The van der Waals surface area contributed by atoms with Crippen LogP contribution in [-0.4, -0.2) is 55.0 Å². The molecule has 0 bridgehead atoms. The van der Waals surface area contributed by atoms with Gasteiger partial charge in [0, 0.05) is 19.6 Å². The van der Waals surface area contributed by atoms with Crippen molar-refractivity contribution in [2.75, 3.05) is 33.7 Å². The fourth-order valence-electron chi connectivity index (χ4n) is 1.35. The molecule has 16 heavy (non-hydrogen) atoms. The van der Waals surface area contributed by atoms with Crippen LogP contribution in [0.25, 0.3) is 0 Å². The van der Waals surface area contributed by atoms with Gasteiger partial charge in [0.15, 0.2) is 5.96 Å². The zero-order valence-electron chi connectivity index (χ0n) is 11.7. The first-order chi connectivity index (χ1) is 7.26. The maximum absolute atomic E-state index is 6.03. The van der Waals surface area contributed by atoms with Gasteiger partial charge in [-0.2, -0.15) is 0 Å². The van der Waals surface area contributed by atoms with Crippen LogP contribution in [0.3, 0.4) is 0 Å². The highest BCUT2D eigenvalue weighted by Crippen LogP contribution is 2.07. The molecule has 96 valence electrons. The molecule has 4 heteroatoms. The van der Waals surface area contributed by atoms with Gasteiger partial charge in [-0.05, 0) is 41.3 Å². The van der Waals surface area contributed by atoms with Gasteiger partial charge in [-0.25, -0.2) is 4.99 Å². The first kappa shape index (κ1) is 15.2. The molecular formula is C12H28N4. The Kier molecular flexibility index (Phi) is 6.41. The maximum Gasteiger partial charge on any atom is 0.191 e. The Bertz CT molecular complexity index is 216. The molecule has 0 aromatic rings. The minimum absolute atomic E-state index is 0.103. The van der Waals surface area contributed by atoms with E-state index in [1.54, 1.807) is 0 Å². The number of hydrogen-bond donors (Lipinski definition) is 1. The van der Waals surface area contributed by atoms with E-state index in [2.05, 4.69) is 56.6 Å². The third-order valence-corrected chi connectivity index (χ3v) is 2.08. The summed E-state index contributed by atoms with van der Waals surface area (Å²) in [4.78, 5) is 8.83. The Balaban J connectivity index is 4.45. The smallest absolute Gasteiger partial charge is 0.191 e. The van der Waals surface area contributed by atoms with Crippen molar-refractivity contribution in [1.29, 1.82) is 0 Å². The van der Waals surface area contributed by atoms with E-state index in [1.165, 1.54) is 0 Å². The van der Waals surface area contributed by atoms with Crippen molar-refractivity contribution < 1.29 is 0 Å². The molecule has 0 aromatic carbocycles. The van der Waals surface area contributed by atoms with E-state index >= 15 is 0 Å². The van der Waals surface area contributed by atoms with E-state index in [4.69, 9.17) is 5.73 Å². The summed E-state index contributed by atoms with van der Waals surface area (Å²) in [7, 11) is 4.14. The Morgan fingerprint density at radius 3 is 2.06 bits per heavy atom. The van der Waals surface area contributed by atoms with Crippen molar-refractivity contribution >= 4 is 5.96 Å². The number of rotatable bonds is 5. The molecule has 0 unspecified atom stereocenters. The first-order valence-electron chi connectivity index (χ1n) is 6.01. The maximum atomic E-state index is 6.03. The number of aliphatic imine (C=N–C) groups is 1. The Morgan fingerprint density at radius 2 is 1.69 bits per heavy atom. The van der Waals surface area contributed by atoms with Crippen molar-refractivity contribution in [3.8, 4) is 0 Å². The normalized spacial score (nSPS) is 13.3. The molecule has 0 heterocycles. The van der Waals surface area contributed by atoms with Crippen molar-refractivity contribution in [1.82, 2.24) is 9.80 Å². The van der Waals surface area contributed by atoms with Gasteiger partial charge in [-0.1, -0.05) is 6.92 Å². The molecule has 0 rings (SSSR count). The van der Waals surface area contributed by atoms with Crippen LogP contribution in [0.5, 0.6) is 0 Å². The zero-order chi connectivity index (χ0) is 12.8. The van der Waals surface area contributed by atoms with E-state index in [0.717, 1.165) is 26.1 Å². The van der Waals surface area contributed by atoms with E-state index in [0.29, 0.717) is 5.96 Å². The molecule has 0 spiro atoms. The van der Waals surface area contributed by atoms with Gasteiger partial charge in [0.1, 0.15) is 0 Å². The molecule has 2 N–H and O–H groups in total. The predicted octanol–water partition coefficient (Wildman–Crippen LogP) is 1.37. The fraction of sp³-hybridized carbons (Fsp3) is 0.917. The summed E-state index contributed by atoms with van der Waals surface area (Å²) in [6, 6.07) is 0. The highest BCUT2D eigenvalue weighted by molar-refractivity contribution is 5.78. The highest BCUT2D eigenvalue weighted by atomic mass is 15.3. The summed E-state index contributed by atoms with van der Waals surface area (Å²) in [6.07, 6.45) is 1.09. The average Bonchev–Trinajstić information content (AvgIpc) is 2.08. The largest absolute Gasteiger partial charge is 0.370 e. The number of hydrogen-bond acceptors (Lipinski definition) is 2. The molecule has 0 saturated carbocycles. The van der Waals surface area contributed by atoms with Gasteiger partial charge in [-0.15, -0.1) is 0 Å². The summed E-state index contributed by atoms with van der Waals surface area (Å²) in [5, 5.41) is 0. The van der Waals surface area contributed by atoms with Crippen LogP contribution in [0.15, 0.2) is 4.99 Å². The first-order valence-corrected chi connectivity index (χ1v) is 6.01. The third kappa shape index (κ3) is 7.51. The van der Waals surface area contributed by atoms with E-state index in [9.17, 15) is 0 Å². The van der Waals surface area contributed by atoms with Crippen LogP contribution in [-0.2, 0) is 0 Å². The lowest BCUT2D eigenvalue weighted by molar-refractivity contribution is 0.324. The summed E-state index contributed by atoms with van der Waals surface area (Å²) >= 11 is 0. The molecule has 0 aliphatic carbocycles. The van der Waals surface area contributed by atoms with Crippen LogP contribution in [0.2, 0.25) is 0 Å². The van der Waals surface area contributed by atoms with Gasteiger partial charge in [-0.3, -0.25) is 0 Å². The standard InChI is InChI=1S/C12H28N4/c1-7-8-16(10-9-15(5)6)11(13)14-12(2,3)4/h7-10H2,1-6H3,(H2,13,14). The summed E-state index contributed by atoms with van der Waals surface area (Å²) in [6.45, 7) is 11.3. The fourth-order valence-corrected chi connectivity index (χ4v) is 1.35. The lowest BCUT2D eigenvalue weighted by Crippen LogP contribution is -2.43. The summed E-state index contributed by atoms with van der Waals surface area (Å²) < 4.78 is 0. The molecule has 0 atom stereocenters. The van der Waals surface area contributed by atoms with Crippen LogP contribution >= 0.6 is 0 Å². The van der Waals surface area contributed by atoms with Crippen LogP contribution in [0.4, 0.5) is 0 Å². The van der Waals surface area contributed by atoms with E-state index in [-0.39, 0.29) is 5.54 Å².